The number of fused-ring (bicyclic) bond motifs is 1. The van der Waals surface area contributed by atoms with Gasteiger partial charge < -0.3 is 10.5 Å². The molecular formula is C18H16F2N4O4S. The van der Waals surface area contributed by atoms with Crippen LogP contribution in [0.5, 0.6) is 5.88 Å². The summed E-state index contributed by atoms with van der Waals surface area (Å²) in [4.78, 5) is 16.1. The molecule has 3 N–H and O–H groups in total. The zero-order valence-corrected chi connectivity index (χ0v) is 16.0. The number of nitrogens with two attached hydrogens (primary N) is 1. The Morgan fingerprint density at radius 3 is 2.66 bits per heavy atom. The number of primary amides is 1. The molecule has 0 bridgehead atoms. The molecule has 2 heterocycles. The molecule has 1 fully saturated rings. The number of aromatic nitrogens is 3. The maximum atomic E-state index is 12.8. The highest BCUT2D eigenvalue weighted by Gasteiger charge is 2.37. The first-order valence-electron chi connectivity index (χ1n) is 8.66. The molecular weight excluding hydrogens is 406 g/mol. The van der Waals surface area contributed by atoms with Crippen LogP contribution in [0.4, 0.5) is 8.78 Å². The molecule has 1 aliphatic carbocycles. The molecule has 0 saturated heterocycles. The molecule has 0 radical (unpaired) electrons. The van der Waals surface area contributed by atoms with Gasteiger partial charge in [-0.2, -0.15) is 8.78 Å². The number of amides is 1. The number of aryl methyl sites for hydroxylation is 1. The first-order valence-corrected chi connectivity index (χ1v) is 10.2. The molecule has 3 aromatic rings. The van der Waals surface area contributed by atoms with Crippen LogP contribution in [0.2, 0.25) is 0 Å². The van der Waals surface area contributed by atoms with Crippen molar-refractivity contribution < 1.29 is 26.7 Å². The summed E-state index contributed by atoms with van der Waals surface area (Å²) in [5.74, 6) is -1.29. The van der Waals surface area contributed by atoms with Crippen LogP contribution in [0.3, 0.4) is 0 Å². The van der Waals surface area contributed by atoms with Gasteiger partial charge in [-0.3, -0.25) is 9.89 Å². The minimum Gasteiger partial charge on any atom is -0.415 e. The lowest BCUT2D eigenvalue weighted by molar-refractivity contribution is -0.0518. The molecule has 29 heavy (non-hydrogen) atoms. The fourth-order valence-electron chi connectivity index (χ4n) is 3.30. The van der Waals surface area contributed by atoms with Gasteiger partial charge in [0, 0.05) is 5.56 Å². The Kier molecular flexibility index (Phi) is 4.49. The molecule has 0 spiro atoms. The van der Waals surface area contributed by atoms with E-state index in [1.54, 1.807) is 13.0 Å². The predicted molar refractivity (Wildman–Crippen MR) is 99.4 cm³/mol. The van der Waals surface area contributed by atoms with Crippen LogP contribution in [0.1, 0.15) is 28.9 Å². The summed E-state index contributed by atoms with van der Waals surface area (Å²) < 4.78 is 55.2. The lowest BCUT2D eigenvalue weighted by atomic mass is 9.98. The zero-order chi connectivity index (χ0) is 20.9. The second kappa shape index (κ2) is 6.76. The highest BCUT2D eigenvalue weighted by atomic mass is 32.2. The van der Waals surface area contributed by atoms with E-state index >= 15 is 0 Å². The number of sulfone groups is 1. The predicted octanol–water partition coefficient (Wildman–Crippen LogP) is 2.57. The number of aromatic amines is 1. The Hall–Kier alpha value is -3.08. The van der Waals surface area contributed by atoms with Gasteiger partial charge >= 0.3 is 6.61 Å². The first-order chi connectivity index (χ1) is 13.7. The van der Waals surface area contributed by atoms with Gasteiger partial charge in [0.1, 0.15) is 5.69 Å². The first kappa shape index (κ1) is 19.2. The molecule has 11 heteroatoms. The highest BCUT2D eigenvalue weighted by Crippen LogP contribution is 2.39. The molecule has 0 atom stereocenters. The Bertz CT molecular complexity index is 1240. The molecule has 0 aliphatic heterocycles. The van der Waals surface area contributed by atoms with E-state index in [1.165, 1.54) is 18.3 Å². The summed E-state index contributed by atoms with van der Waals surface area (Å²) in [7, 11) is -3.43. The number of carbonyl (C=O) groups is 1. The quantitative estimate of drug-likeness (QED) is 0.628. The highest BCUT2D eigenvalue weighted by molar-refractivity contribution is 7.92. The third kappa shape index (κ3) is 3.31. The van der Waals surface area contributed by atoms with Crippen molar-refractivity contribution in [2.45, 2.75) is 36.5 Å². The third-order valence-electron chi connectivity index (χ3n) is 4.74. The number of benzene rings is 1. The van der Waals surface area contributed by atoms with E-state index in [4.69, 9.17) is 5.73 Å². The van der Waals surface area contributed by atoms with Crippen molar-refractivity contribution in [1.82, 2.24) is 15.2 Å². The van der Waals surface area contributed by atoms with Gasteiger partial charge in [0.15, 0.2) is 9.84 Å². The third-order valence-corrected chi connectivity index (χ3v) is 7.16. The fraction of sp³-hybridized carbons (Fsp3) is 0.278. The zero-order valence-electron chi connectivity index (χ0n) is 15.1. The largest absolute Gasteiger partial charge is 0.415 e. The number of ether oxygens (including phenoxy) is 1. The molecule has 1 saturated carbocycles. The van der Waals surface area contributed by atoms with Gasteiger partial charge in [0.05, 0.1) is 27.2 Å². The van der Waals surface area contributed by atoms with Crippen LogP contribution < -0.4 is 10.5 Å². The molecule has 1 amide bonds. The number of halogens is 2. The monoisotopic (exact) mass is 422 g/mol. The number of carbonyl (C=O) groups excluding carboxylic acids is 1. The molecule has 0 unspecified atom stereocenters. The van der Waals surface area contributed by atoms with E-state index < -0.39 is 28.2 Å². The van der Waals surface area contributed by atoms with Crippen LogP contribution in [0.15, 0.2) is 29.3 Å². The molecule has 1 aromatic carbocycles. The Balaban J connectivity index is 1.95. The fourth-order valence-corrected chi connectivity index (χ4v) is 5.19. The lowest BCUT2D eigenvalue weighted by Crippen LogP contribution is -2.15. The summed E-state index contributed by atoms with van der Waals surface area (Å²) in [6.07, 6.45) is 2.49. The van der Waals surface area contributed by atoms with Crippen molar-refractivity contribution in [3.63, 3.8) is 0 Å². The second-order valence-corrected chi connectivity index (χ2v) is 8.96. The average Bonchev–Trinajstić information content (AvgIpc) is 3.43. The number of alkyl halides is 2. The van der Waals surface area contributed by atoms with E-state index in [2.05, 4.69) is 19.9 Å². The number of nitrogens with zero attached hydrogens (tertiary/aromatic N) is 2. The Morgan fingerprint density at radius 2 is 2.07 bits per heavy atom. The molecule has 2 aromatic heterocycles. The van der Waals surface area contributed by atoms with E-state index in [0.29, 0.717) is 24.0 Å². The van der Waals surface area contributed by atoms with Crippen LogP contribution >= 0.6 is 0 Å². The summed E-state index contributed by atoms with van der Waals surface area (Å²) in [6.45, 7) is -1.50. The number of rotatable bonds is 6. The van der Waals surface area contributed by atoms with Crippen molar-refractivity contribution in [3.8, 4) is 17.0 Å². The van der Waals surface area contributed by atoms with Crippen molar-refractivity contribution in [3.05, 3.63) is 35.7 Å². The maximum absolute atomic E-state index is 12.8. The van der Waals surface area contributed by atoms with E-state index in [1.807, 2.05) is 0 Å². The minimum absolute atomic E-state index is 0.103. The smallest absolute Gasteiger partial charge is 0.388 e. The van der Waals surface area contributed by atoms with Gasteiger partial charge in [0.2, 0.25) is 5.88 Å². The number of hydrogen-bond donors (Lipinski definition) is 2. The Labute approximate surface area is 164 Å². The summed E-state index contributed by atoms with van der Waals surface area (Å²) in [5.41, 5.74) is 6.49. The van der Waals surface area contributed by atoms with E-state index in [9.17, 15) is 22.0 Å². The van der Waals surface area contributed by atoms with Crippen LogP contribution in [-0.2, 0) is 9.84 Å². The summed E-state index contributed by atoms with van der Waals surface area (Å²) >= 11 is 0. The standard InChI is InChI=1S/C18H16F2N4O4S/c1-8-6-9(2-5-12(8)29(26,27)10-3-4-10)13-14-11(7-22-15(13)16(21)25)23-24-17(14)28-18(19)20/h2,5-7,10,18H,3-4H2,1H3,(H2,21,25)(H,23,24). The second-order valence-electron chi connectivity index (χ2n) is 6.77. The van der Waals surface area contributed by atoms with Crippen LogP contribution in [0, 0.1) is 6.92 Å². The number of H-pyrrole nitrogens is 1. The number of pyridine rings is 1. The average molecular weight is 422 g/mol. The van der Waals surface area contributed by atoms with Gasteiger partial charge in [-0.05, 0) is 37.0 Å². The van der Waals surface area contributed by atoms with Crippen molar-refractivity contribution >= 4 is 26.6 Å². The van der Waals surface area contributed by atoms with E-state index in [0.717, 1.165) is 0 Å². The van der Waals surface area contributed by atoms with Crippen molar-refractivity contribution in [2.75, 3.05) is 0 Å². The topological polar surface area (TPSA) is 128 Å². The van der Waals surface area contributed by atoms with Gasteiger partial charge in [0.25, 0.3) is 5.91 Å². The Morgan fingerprint density at radius 1 is 1.34 bits per heavy atom. The molecule has 152 valence electrons. The summed E-state index contributed by atoms with van der Waals surface area (Å²) in [6, 6.07) is 4.48. The normalized spacial score (nSPS) is 14.5. The van der Waals surface area contributed by atoms with E-state index in [-0.39, 0.29) is 32.3 Å². The number of hydrogen-bond acceptors (Lipinski definition) is 6. The summed E-state index contributed by atoms with van der Waals surface area (Å²) in [5, 5.41) is 5.97. The van der Waals surface area contributed by atoms with Crippen LogP contribution in [0.25, 0.3) is 22.0 Å². The maximum Gasteiger partial charge on any atom is 0.388 e. The minimum atomic E-state index is -3.43. The molecule has 1 aliphatic rings. The van der Waals surface area contributed by atoms with Crippen molar-refractivity contribution in [2.24, 2.45) is 5.73 Å². The SMILES string of the molecule is Cc1cc(-c2c(C(N)=O)ncc3[nH]nc(OC(F)F)c23)ccc1S(=O)(=O)C1CC1. The van der Waals surface area contributed by atoms with Gasteiger partial charge in [-0.1, -0.05) is 12.1 Å². The molecule has 4 rings (SSSR count). The number of nitrogens with one attached hydrogen (secondary N) is 1. The van der Waals surface area contributed by atoms with Gasteiger partial charge in [-0.25, -0.2) is 13.4 Å². The van der Waals surface area contributed by atoms with Crippen LogP contribution in [-0.4, -0.2) is 41.4 Å². The van der Waals surface area contributed by atoms with Gasteiger partial charge in [-0.15, -0.1) is 5.10 Å². The van der Waals surface area contributed by atoms with Crippen molar-refractivity contribution in [1.29, 1.82) is 0 Å². The lowest BCUT2D eigenvalue weighted by Gasteiger charge is -2.13. The molecule has 8 nitrogen and oxygen atoms in total.